The van der Waals surface area contributed by atoms with Gasteiger partial charge < -0.3 is 9.15 Å². The fourth-order valence-corrected chi connectivity index (χ4v) is 2.70. The van der Waals surface area contributed by atoms with Crippen LogP contribution in [0.5, 0.6) is 0 Å². The van der Waals surface area contributed by atoms with Crippen molar-refractivity contribution in [3.05, 3.63) is 59.1 Å². The van der Waals surface area contributed by atoms with Crippen LogP contribution in [0.4, 0.5) is 0 Å². The molecule has 0 atom stereocenters. The minimum absolute atomic E-state index is 0.0146. The van der Waals surface area contributed by atoms with Gasteiger partial charge in [-0.2, -0.15) is 0 Å². The number of halogens is 1. The molecule has 7 heteroatoms. The Bertz CT molecular complexity index is 843. The number of aromatic nitrogens is 1. The highest BCUT2D eigenvalue weighted by atomic mass is 35.5. The van der Waals surface area contributed by atoms with E-state index in [0.717, 1.165) is 17.3 Å². The first-order valence-corrected chi connectivity index (χ1v) is 8.41. The summed E-state index contributed by atoms with van der Waals surface area (Å²) in [6.07, 6.45) is 0. The van der Waals surface area contributed by atoms with Gasteiger partial charge in [0.1, 0.15) is 11.3 Å². The van der Waals surface area contributed by atoms with Gasteiger partial charge in [-0.1, -0.05) is 35.5 Å². The van der Waals surface area contributed by atoms with E-state index in [0.29, 0.717) is 21.4 Å². The second-order valence-corrected chi connectivity index (χ2v) is 6.19. The average Bonchev–Trinajstić information content (AvgIpc) is 3.01. The molecule has 0 N–H and O–H groups in total. The number of ketones is 1. The number of hydrogen-bond acceptors (Lipinski definition) is 6. The first-order chi connectivity index (χ1) is 11.6. The van der Waals surface area contributed by atoms with Crippen LogP contribution in [0, 0.1) is 0 Å². The predicted octanol–water partition coefficient (Wildman–Crippen LogP) is 4.00. The Morgan fingerprint density at radius 2 is 1.88 bits per heavy atom. The van der Waals surface area contributed by atoms with Crippen LogP contribution in [0.3, 0.4) is 0 Å². The number of carbonyl (C=O) groups is 2. The van der Waals surface area contributed by atoms with Crippen molar-refractivity contribution in [2.45, 2.75) is 5.22 Å². The van der Waals surface area contributed by atoms with Crippen molar-refractivity contribution in [3.63, 3.8) is 0 Å². The number of benzene rings is 2. The molecule has 0 unspecified atom stereocenters. The lowest BCUT2D eigenvalue weighted by Crippen LogP contribution is -2.15. The van der Waals surface area contributed by atoms with Crippen LogP contribution in [0.25, 0.3) is 11.1 Å². The van der Waals surface area contributed by atoms with Crippen molar-refractivity contribution in [2.75, 3.05) is 12.4 Å². The zero-order valence-electron chi connectivity index (χ0n) is 12.4. The number of fused-ring (bicyclic) bond motifs is 1. The van der Waals surface area contributed by atoms with Crippen molar-refractivity contribution < 1.29 is 18.7 Å². The van der Waals surface area contributed by atoms with E-state index in [1.807, 2.05) is 18.2 Å². The lowest BCUT2D eigenvalue weighted by Gasteiger charge is -2.03. The summed E-state index contributed by atoms with van der Waals surface area (Å²) in [4.78, 5) is 27.9. The summed E-state index contributed by atoms with van der Waals surface area (Å²) in [5, 5.41) is 0.926. The number of oxazole rings is 1. The summed E-state index contributed by atoms with van der Waals surface area (Å²) < 4.78 is 10.5. The number of para-hydroxylation sites is 2. The second kappa shape index (κ2) is 7.51. The molecule has 0 aliphatic rings. The summed E-state index contributed by atoms with van der Waals surface area (Å²) in [6, 6.07) is 13.7. The molecular weight excluding hydrogens is 350 g/mol. The van der Waals surface area contributed by atoms with E-state index in [4.69, 9.17) is 20.8 Å². The van der Waals surface area contributed by atoms with Gasteiger partial charge in [0.05, 0.1) is 0 Å². The number of thioether (sulfide) groups is 1. The van der Waals surface area contributed by atoms with Crippen LogP contribution in [0.2, 0.25) is 5.02 Å². The lowest BCUT2D eigenvalue weighted by molar-refractivity contribution is -0.139. The monoisotopic (exact) mass is 361 g/mol. The van der Waals surface area contributed by atoms with Gasteiger partial charge in [-0.25, -0.2) is 4.98 Å². The van der Waals surface area contributed by atoms with Crippen molar-refractivity contribution in [3.8, 4) is 0 Å². The van der Waals surface area contributed by atoms with Crippen LogP contribution in [0.1, 0.15) is 10.4 Å². The third-order valence-corrected chi connectivity index (χ3v) is 4.17. The van der Waals surface area contributed by atoms with Gasteiger partial charge in [0, 0.05) is 10.6 Å². The fourth-order valence-electron chi connectivity index (χ4n) is 1.94. The van der Waals surface area contributed by atoms with Crippen LogP contribution >= 0.6 is 23.4 Å². The zero-order valence-corrected chi connectivity index (χ0v) is 14.0. The van der Waals surface area contributed by atoms with Gasteiger partial charge in [-0.05, 0) is 36.4 Å². The first-order valence-electron chi connectivity index (χ1n) is 7.04. The summed E-state index contributed by atoms with van der Waals surface area (Å²) >= 11 is 6.88. The zero-order chi connectivity index (χ0) is 16.9. The van der Waals surface area contributed by atoms with Gasteiger partial charge in [-0.3, -0.25) is 9.59 Å². The molecule has 1 heterocycles. The van der Waals surface area contributed by atoms with Crippen molar-refractivity contribution in [1.82, 2.24) is 4.98 Å². The molecular formula is C17H12ClNO4S. The van der Waals surface area contributed by atoms with E-state index >= 15 is 0 Å². The van der Waals surface area contributed by atoms with Crippen LogP contribution < -0.4 is 0 Å². The number of hydrogen-bond donors (Lipinski definition) is 0. The normalized spacial score (nSPS) is 10.7. The summed E-state index contributed by atoms with van der Waals surface area (Å²) in [5.41, 5.74) is 1.83. The molecule has 0 amide bonds. The van der Waals surface area contributed by atoms with E-state index < -0.39 is 5.97 Å². The van der Waals surface area contributed by atoms with Gasteiger partial charge >= 0.3 is 5.97 Å². The largest absolute Gasteiger partial charge is 0.457 e. The molecule has 0 aliphatic carbocycles. The topological polar surface area (TPSA) is 69.4 Å². The summed E-state index contributed by atoms with van der Waals surface area (Å²) in [5.74, 6) is -0.780. The molecule has 24 heavy (non-hydrogen) atoms. The smallest absolute Gasteiger partial charge is 0.316 e. The average molecular weight is 362 g/mol. The van der Waals surface area contributed by atoms with E-state index in [2.05, 4.69) is 4.98 Å². The van der Waals surface area contributed by atoms with Gasteiger partial charge in [0.25, 0.3) is 5.22 Å². The molecule has 0 aliphatic heterocycles. The molecule has 0 saturated heterocycles. The number of Topliss-reactive ketones (excluding diaryl/α,β-unsaturated/α-hetero) is 1. The summed E-state index contributed by atoms with van der Waals surface area (Å²) in [6.45, 7) is -0.311. The second-order valence-electron chi connectivity index (χ2n) is 4.83. The molecule has 122 valence electrons. The Balaban J connectivity index is 1.48. The van der Waals surface area contributed by atoms with Crippen LogP contribution in [0.15, 0.2) is 58.2 Å². The van der Waals surface area contributed by atoms with Crippen molar-refractivity contribution >= 4 is 46.2 Å². The van der Waals surface area contributed by atoms with Crippen LogP contribution in [-0.4, -0.2) is 29.1 Å². The fraction of sp³-hybridized carbons (Fsp3) is 0.118. The Morgan fingerprint density at radius 1 is 1.12 bits per heavy atom. The molecule has 2 aromatic carbocycles. The first kappa shape index (κ1) is 16.5. The lowest BCUT2D eigenvalue weighted by atomic mass is 10.1. The minimum Gasteiger partial charge on any atom is -0.457 e. The number of rotatable bonds is 6. The molecule has 0 spiro atoms. The highest BCUT2D eigenvalue weighted by Crippen LogP contribution is 2.23. The number of carbonyl (C=O) groups excluding carboxylic acids is 2. The highest BCUT2D eigenvalue weighted by Gasteiger charge is 2.12. The van der Waals surface area contributed by atoms with Crippen molar-refractivity contribution in [1.29, 1.82) is 0 Å². The highest BCUT2D eigenvalue weighted by molar-refractivity contribution is 7.99. The third-order valence-electron chi connectivity index (χ3n) is 3.12. The molecule has 5 nitrogen and oxygen atoms in total. The molecule has 1 aromatic heterocycles. The predicted molar refractivity (Wildman–Crippen MR) is 91.5 cm³/mol. The molecule has 0 radical (unpaired) electrons. The van der Waals surface area contributed by atoms with E-state index in [1.54, 1.807) is 30.3 Å². The Labute approximate surface area is 147 Å². The molecule has 0 bridgehead atoms. The van der Waals surface area contributed by atoms with Gasteiger partial charge in [0.15, 0.2) is 18.0 Å². The SMILES string of the molecule is O=C(CSc1nc2ccccc2o1)OCC(=O)c1ccc(Cl)cc1. The third kappa shape index (κ3) is 4.15. The number of esters is 1. The molecule has 0 saturated carbocycles. The Hall–Kier alpha value is -2.31. The maximum atomic E-state index is 11.9. The number of nitrogens with zero attached hydrogens (tertiary/aromatic N) is 1. The number of ether oxygens (including phenoxy) is 1. The summed E-state index contributed by atoms with van der Waals surface area (Å²) in [7, 11) is 0. The van der Waals surface area contributed by atoms with Crippen molar-refractivity contribution in [2.24, 2.45) is 0 Å². The van der Waals surface area contributed by atoms with Gasteiger partial charge in [-0.15, -0.1) is 0 Å². The quantitative estimate of drug-likeness (QED) is 0.375. The maximum Gasteiger partial charge on any atom is 0.316 e. The molecule has 3 rings (SSSR count). The van der Waals surface area contributed by atoms with E-state index in [1.165, 1.54) is 0 Å². The van der Waals surface area contributed by atoms with E-state index in [9.17, 15) is 9.59 Å². The molecule has 3 aromatic rings. The Morgan fingerprint density at radius 3 is 2.62 bits per heavy atom. The van der Waals surface area contributed by atoms with Gasteiger partial charge in [0.2, 0.25) is 0 Å². The van der Waals surface area contributed by atoms with Crippen LogP contribution in [-0.2, 0) is 9.53 Å². The maximum absolute atomic E-state index is 11.9. The van der Waals surface area contributed by atoms with E-state index in [-0.39, 0.29) is 18.1 Å². The minimum atomic E-state index is -0.510. The Kier molecular flexibility index (Phi) is 5.17. The standard InChI is InChI=1S/C17H12ClNO4S/c18-12-7-5-11(6-8-12)14(20)9-22-16(21)10-24-17-19-13-3-1-2-4-15(13)23-17/h1-8H,9-10H2. The molecule has 0 fully saturated rings.